The van der Waals surface area contributed by atoms with E-state index in [1.54, 1.807) is 36.5 Å². The fourth-order valence-corrected chi connectivity index (χ4v) is 3.77. The van der Waals surface area contributed by atoms with Gasteiger partial charge in [0.25, 0.3) is 5.91 Å². The number of carboxylic acids is 1. The molecule has 1 amide bonds. The van der Waals surface area contributed by atoms with E-state index < -0.39 is 12.1 Å². The number of carbonyl (C=O) groups excluding carboxylic acids is 1. The molecular weight excluding hydrogens is 421 g/mol. The van der Waals surface area contributed by atoms with Crippen LogP contribution < -0.4 is 5.32 Å². The zero-order chi connectivity index (χ0) is 22.6. The van der Waals surface area contributed by atoms with Crippen LogP contribution in [0.1, 0.15) is 16.1 Å². The van der Waals surface area contributed by atoms with Crippen molar-refractivity contribution in [3.05, 3.63) is 42.1 Å². The summed E-state index contributed by atoms with van der Waals surface area (Å²) >= 11 is 0. The third kappa shape index (κ3) is 5.85. The molecule has 0 unspecified atom stereocenters. The summed E-state index contributed by atoms with van der Waals surface area (Å²) in [7, 11) is 1.77. The molecule has 0 spiro atoms. The minimum absolute atomic E-state index is 0.0771. The van der Waals surface area contributed by atoms with Crippen molar-refractivity contribution in [2.75, 3.05) is 26.2 Å². The van der Waals surface area contributed by atoms with Crippen molar-refractivity contribution in [1.82, 2.24) is 20.0 Å². The number of likely N-dealkylation sites (tertiary alicyclic amines) is 1. The molecule has 12 heteroatoms. The molecule has 0 bridgehead atoms. The predicted molar refractivity (Wildman–Crippen MR) is 99.9 cm³/mol. The number of alkyl halides is 3. The average molecular weight is 444 g/mol. The quantitative estimate of drug-likeness (QED) is 0.720. The number of aryl methyl sites for hydroxylation is 1. The maximum Gasteiger partial charge on any atom is 0.490 e. The fourth-order valence-electron chi connectivity index (χ4n) is 3.77. The average Bonchev–Trinajstić information content (AvgIpc) is 3.46. The second-order valence-electron chi connectivity index (χ2n) is 7.47. The first-order valence-electron chi connectivity index (χ1n) is 9.56. The Morgan fingerprint density at radius 3 is 2.65 bits per heavy atom. The van der Waals surface area contributed by atoms with Gasteiger partial charge in [0.1, 0.15) is 5.69 Å². The molecule has 4 rings (SSSR count). The lowest BCUT2D eigenvalue weighted by atomic mass is 9.93. The fraction of sp³-hybridized carbons (Fsp3) is 0.526. The van der Waals surface area contributed by atoms with Crippen LogP contribution in [-0.4, -0.2) is 70.2 Å². The van der Waals surface area contributed by atoms with Gasteiger partial charge >= 0.3 is 12.1 Å². The Balaban J connectivity index is 0.000000339. The minimum atomic E-state index is -5.08. The number of amides is 1. The monoisotopic (exact) mass is 444 g/mol. The van der Waals surface area contributed by atoms with E-state index >= 15 is 0 Å². The Bertz CT molecular complexity index is 883. The Hall–Kier alpha value is -2.86. The van der Waals surface area contributed by atoms with Gasteiger partial charge in [-0.25, -0.2) is 4.79 Å². The van der Waals surface area contributed by atoms with Gasteiger partial charge in [-0.2, -0.15) is 18.3 Å². The molecule has 2 saturated heterocycles. The predicted octanol–water partition coefficient (Wildman–Crippen LogP) is 1.52. The summed E-state index contributed by atoms with van der Waals surface area (Å²) in [6.07, 6.45) is 0.324. The number of aliphatic carboxylic acids is 1. The Morgan fingerprint density at radius 2 is 2.06 bits per heavy atom. The third-order valence-electron chi connectivity index (χ3n) is 5.32. The van der Waals surface area contributed by atoms with Gasteiger partial charge in [-0.05, 0) is 12.1 Å². The first-order chi connectivity index (χ1) is 14.6. The summed E-state index contributed by atoms with van der Waals surface area (Å²) in [5.41, 5.74) is 1.77. The lowest BCUT2D eigenvalue weighted by Gasteiger charge is -2.19. The summed E-state index contributed by atoms with van der Waals surface area (Å²) in [5, 5.41) is 14.2. The number of hydrogen-bond acceptors (Lipinski definition) is 6. The summed E-state index contributed by atoms with van der Waals surface area (Å²) in [5.74, 6) is -2.00. The van der Waals surface area contributed by atoms with Crippen LogP contribution in [0.5, 0.6) is 0 Å². The van der Waals surface area contributed by atoms with Crippen molar-refractivity contribution < 1.29 is 37.0 Å². The van der Waals surface area contributed by atoms with Crippen LogP contribution in [0.15, 0.2) is 35.3 Å². The highest BCUT2D eigenvalue weighted by Crippen LogP contribution is 2.34. The van der Waals surface area contributed by atoms with Crippen molar-refractivity contribution >= 4 is 11.9 Å². The summed E-state index contributed by atoms with van der Waals surface area (Å²) in [4.78, 5) is 23.5. The van der Waals surface area contributed by atoms with Gasteiger partial charge in [-0.3, -0.25) is 14.4 Å². The van der Waals surface area contributed by atoms with E-state index in [4.69, 9.17) is 19.1 Å². The van der Waals surface area contributed by atoms with E-state index in [9.17, 15) is 18.0 Å². The number of halogens is 3. The summed E-state index contributed by atoms with van der Waals surface area (Å²) in [6, 6.07) is 3.73. The molecule has 0 saturated carbocycles. The highest BCUT2D eigenvalue weighted by atomic mass is 19.4. The van der Waals surface area contributed by atoms with Gasteiger partial charge in [0.05, 0.1) is 25.2 Å². The van der Waals surface area contributed by atoms with E-state index in [2.05, 4.69) is 15.3 Å². The molecule has 0 aromatic carbocycles. The minimum Gasteiger partial charge on any atom is -0.475 e. The van der Waals surface area contributed by atoms with E-state index in [1.807, 2.05) is 6.07 Å². The van der Waals surface area contributed by atoms with Crippen LogP contribution >= 0.6 is 0 Å². The first kappa shape index (κ1) is 22.8. The first-order valence-corrected chi connectivity index (χ1v) is 9.56. The summed E-state index contributed by atoms with van der Waals surface area (Å²) < 4.78 is 44.4. The smallest absolute Gasteiger partial charge is 0.475 e. The number of aromatic nitrogens is 2. The second-order valence-corrected chi connectivity index (χ2v) is 7.47. The SMILES string of the molecule is Cn1nccc1C(=O)NC[C@@H]1CO[C@@H]2CN(Cc3ccoc3)C[C@H]12.O=C(O)C(F)(F)F. The number of hydrogen-bond donors (Lipinski definition) is 2. The van der Waals surface area contributed by atoms with Crippen LogP contribution in [0.3, 0.4) is 0 Å². The van der Waals surface area contributed by atoms with Gasteiger partial charge in [-0.1, -0.05) is 0 Å². The molecule has 2 aliphatic rings. The number of nitrogens with zero attached hydrogens (tertiary/aromatic N) is 3. The standard InChI is InChI=1S/C17H22N4O3.C2HF3O2/c1-20-15(2-4-19-20)17(22)18-6-13-11-24-16-9-21(8-14(13)16)7-12-3-5-23-10-12;3-2(4,5)1(6)7/h2-5,10,13-14,16H,6-9,11H2,1H3,(H,18,22);(H,6,7)/t13-,14-,16-;/m1./s1. The van der Waals surface area contributed by atoms with E-state index in [0.717, 1.165) is 26.2 Å². The normalized spacial score (nSPS) is 23.2. The topological polar surface area (TPSA) is 110 Å². The number of carboxylic acid groups (broad SMARTS) is 1. The lowest BCUT2D eigenvalue weighted by Crippen LogP contribution is -2.35. The van der Waals surface area contributed by atoms with Crippen molar-refractivity contribution in [3.63, 3.8) is 0 Å². The third-order valence-corrected chi connectivity index (χ3v) is 5.32. The molecule has 9 nitrogen and oxygen atoms in total. The zero-order valence-corrected chi connectivity index (χ0v) is 16.7. The Morgan fingerprint density at radius 1 is 1.32 bits per heavy atom. The van der Waals surface area contributed by atoms with Crippen molar-refractivity contribution in [2.45, 2.75) is 18.8 Å². The highest BCUT2D eigenvalue weighted by Gasteiger charge is 2.43. The second kappa shape index (κ2) is 9.52. The van der Waals surface area contributed by atoms with Gasteiger partial charge in [0, 0.05) is 56.8 Å². The lowest BCUT2D eigenvalue weighted by molar-refractivity contribution is -0.192. The van der Waals surface area contributed by atoms with Crippen molar-refractivity contribution in [3.8, 4) is 0 Å². The molecule has 0 aliphatic carbocycles. The van der Waals surface area contributed by atoms with Crippen LogP contribution in [0.25, 0.3) is 0 Å². The molecular formula is C19H23F3N4O5. The molecule has 2 aromatic rings. The number of rotatable bonds is 5. The molecule has 4 heterocycles. The molecule has 2 aliphatic heterocycles. The van der Waals surface area contributed by atoms with Gasteiger partial charge in [0.15, 0.2) is 0 Å². The molecule has 2 N–H and O–H groups in total. The number of fused-ring (bicyclic) bond motifs is 1. The molecule has 2 aromatic heterocycles. The number of ether oxygens (including phenoxy) is 1. The maximum absolute atomic E-state index is 12.2. The Kier molecular flexibility index (Phi) is 7.01. The van der Waals surface area contributed by atoms with E-state index in [-0.39, 0.29) is 12.0 Å². The molecule has 31 heavy (non-hydrogen) atoms. The van der Waals surface area contributed by atoms with Crippen LogP contribution in [0.4, 0.5) is 13.2 Å². The van der Waals surface area contributed by atoms with Crippen LogP contribution in [0, 0.1) is 11.8 Å². The molecule has 0 radical (unpaired) electrons. The molecule has 2 fully saturated rings. The van der Waals surface area contributed by atoms with Gasteiger partial charge in [0.2, 0.25) is 0 Å². The largest absolute Gasteiger partial charge is 0.490 e. The number of carbonyl (C=O) groups is 2. The highest BCUT2D eigenvalue weighted by molar-refractivity contribution is 5.92. The van der Waals surface area contributed by atoms with Crippen LogP contribution in [-0.2, 0) is 23.1 Å². The maximum atomic E-state index is 12.2. The van der Waals surface area contributed by atoms with Crippen molar-refractivity contribution in [2.24, 2.45) is 18.9 Å². The van der Waals surface area contributed by atoms with Gasteiger partial charge < -0.3 is 19.6 Å². The molecule has 3 atom stereocenters. The van der Waals surface area contributed by atoms with Gasteiger partial charge in [-0.15, -0.1) is 0 Å². The van der Waals surface area contributed by atoms with E-state index in [0.29, 0.717) is 24.1 Å². The zero-order valence-electron chi connectivity index (χ0n) is 16.7. The van der Waals surface area contributed by atoms with E-state index in [1.165, 1.54) is 5.56 Å². The van der Waals surface area contributed by atoms with Crippen LogP contribution in [0.2, 0.25) is 0 Å². The number of furan rings is 1. The molecule has 170 valence electrons. The Labute approximate surface area is 175 Å². The van der Waals surface area contributed by atoms with Crippen molar-refractivity contribution in [1.29, 1.82) is 0 Å². The number of nitrogens with one attached hydrogen (secondary N) is 1. The summed E-state index contributed by atoms with van der Waals surface area (Å²) in [6.45, 7) is 4.20.